The highest BCUT2D eigenvalue weighted by molar-refractivity contribution is 7.89. The number of halogens is 1. The van der Waals surface area contributed by atoms with Crippen LogP contribution in [0.1, 0.15) is 40.0 Å². The molecule has 8 heteroatoms. The molecule has 0 atom stereocenters. The molecule has 0 aliphatic heterocycles. The van der Waals surface area contributed by atoms with Gasteiger partial charge >= 0.3 is 0 Å². The number of imidazole rings is 1. The van der Waals surface area contributed by atoms with Gasteiger partial charge in [0, 0.05) is 24.2 Å². The Kier molecular flexibility index (Phi) is 5.29. The van der Waals surface area contributed by atoms with Crippen LogP contribution in [0, 0.1) is 0 Å². The summed E-state index contributed by atoms with van der Waals surface area (Å²) in [5, 5.41) is 1.92. The molecule has 0 aromatic carbocycles. The molecule has 0 amide bonds. The quantitative estimate of drug-likeness (QED) is 0.717. The van der Waals surface area contributed by atoms with Gasteiger partial charge in [-0.15, -0.1) is 11.3 Å². The van der Waals surface area contributed by atoms with Crippen molar-refractivity contribution in [2.45, 2.75) is 51.1 Å². The van der Waals surface area contributed by atoms with E-state index in [4.69, 9.17) is 11.6 Å². The highest BCUT2D eigenvalue weighted by atomic mass is 35.5. The number of unbranched alkanes of at least 4 members (excludes halogenated alkanes) is 2. The summed E-state index contributed by atoms with van der Waals surface area (Å²) in [5.74, 6) is 0. The SMILES string of the molecule is CCCCCN(C(C)C)S(=O)(=O)c1c(Cl)nc2sccn12. The molecule has 0 radical (unpaired) electrons. The zero-order valence-electron chi connectivity index (χ0n) is 12.4. The van der Waals surface area contributed by atoms with Crippen LogP contribution in [0.2, 0.25) is 5.15 Å². The average molecular weight is 350 g/mol. The van der Waals surface area contributed by atoms with Gasteiger partial charge in [0.2, 0.25) is 0 Å². The number of nitrogens with zero attached hydrogens (tertiary/aromatic N) is 3. The lowest BCUT2D eigenvalue weighted by molar-refractivity contribution is 0.344. The lowest BCUT2D eigenvalue weighted by Gasteiger charge is -2.25. The van der Waals surface area contributed by atoms with Crippen molar-refractivity contribution >= 4 is 37.9 Å². The third kappa shape index (κ3) is 3.26. The van der Waals surface area contributed by atoms with Crippen LogP contribution in [0.3, 0.4) is 0 Å². The number of hydrogen-bond acceptors (Lipinski definition) is 4. The summed E-state index contributed by atoms with van der Waals surface area (Å²) in [6.07, 6.45) is 4.59. The molecular weight excluding hydrogens is 330 g/mol. The van der Waals surface area contributed by atoms with Gasteiger partial charge in [-0.2, -0.15) is 4.31 Å². The van der Waals surface area contributed by atoms with E-state index < -0.39 is 10.0 Å². The fourth-order valence-electron chi connectivity index (χ4n) is 2.25. The highest BCUT2D eigenvalue weighted by Gasteiger charge is 2.32. The first-order valence-electron chi connectivity index (χ1n) is 7.02. The summed E-state index contributed by atoms with van der Waals surface area (Å²) in [7, 11) is -3.66. The molecule has 21 heavy (non-hydrogen) atoms. The number of aromatic nitrogens is 2. The van der Waals surface area contributed by atoms with Crippen molar-refractivity contribution in [1.29, 1.82) is 0 Å². The minimum Gasteiger partial charge on any atom is -0.279 e. The number of hydrogen-bond donors (Lipinski definition) is 0. The average Bonchev–Trinajstić information content (AvgIpc) is 2.92. The second-order valence-electron chi connectivity index (χ2n) is 5.18. The molecule has 0 fully saturated rings. The van der Waals surface area contributed by atoms with Crippen LogP contribution >= 0.6 is 22.9 Å². The molecule has 0 saturated heterocycles. The van der Waals surface area contributed by atoms with E-state index in [1.165, 1.54) is 15.6 Å². The summed E-state index contributed by atoms with van der Waals surface area (Å²) >= 11 is 7.44. The van der Waals surface area contributed by atoms with Crippen LogP contribution in [0.25, 0.3) is 4.96 Å². The molecule has 0 aliphatic rings. The van der Waals surface area contributed by atoms with Gasteiger partial charge in [0.1, 0.15) is 0 Å². The van der Waals surface area contributed by atoms with Gasteiger partial charge in [0.15, 0.2) is 15.1 Å². The molecule has 5 nitrogen and oxygen atoms in total. The molecule has 0 aliphatic carbocycles. The van der Waals surface area contributed by atoms with Crippen LogP contribution in [-0.4, -0.2) is 34.7 Å². The van der Waals surface area contributed by atoms with E-state index in [1.807, 2.05) is 13.8 Å². The van der Waals surface area contributed by atoms with E-state index in [-0.39, 0.29) is 16.2 Å². The van der Waals surface area contributed by atoms with Gasteiger partial charge in [-0.3, -0.25) is 4.40 Å². The fraction of sp³-hybridized carbons (Fsp3) is 0.615. The first kappa shape index (κ1) is 16.7. The molecule has 0 saturated carbocycles. The predicted molar refractivity (Wildman–Crippen MR) is 86.6 cm³/mol. The summed E-state index contributed by atoms with van der Waals surface area (Å²) < 4.78 is 29.0. The van der Waals surface area contributed by atoms with E-state index >= 15 is 0 Å². The molecule has 2 aromatic rings. The minimum atomic E-state index is -3.66. The molecular formula is C13H20ClN3O2S2. The first-order valence-corrected chi connectivity index (χ1v) is 9.72. The number of rotatable bonds is 7. The smallest absolute Gasteiger partial charge is 0.262 e. The summed E-state index contributed by atoms with van der Waals surface area (Å²) in [4.78, 5) is 4.71. The van der Waals surface area contributed by atoms with Crippen LogP contribution in [0.15, 0.2) is 16.6 Å². The van der Waals surface area contributed by atoms with Gasteiger partial charge < -0.3 is 0 Å². The second-order valence-corrected chi connectivity index (χ2v) is 8.22. The Morgan fingerprint density at radius 1 is 1.43 bits per heavy atom. The minimum absolute atomic E-state index is 0.0444. The Labute approximate surface area is 134 Å². The topological polar surface area (TPSA) is 54.7 Å². The van der Waals surface area contributed by atoms with Crippen LogP contribution in [-0.2, 0) is 10.0 Å². The maximum atomic E-state index is 12.9. The Bertz CT molecular complexity index is 706. The van der Waals surface area contributed by atoms with E-state index in [0.29, 0.717) is 11.5 Å². The van der Waals surface area contributed by atoms with Crippen molar-refractivity contribution in [3.8, 4) is 0 Å². The largest absolute Gasteiger partial charge is 0.279 e. The van der Waals surface area contributed by atoms with E-state index in [2.05, 4.69) is 11.9 Å². The van der Waals surface area contributed by atoms with Crippen molar-refractivity contribution in [2.24, 2.45) is 0 Å². The van der Waals surface area contributed by atoms with Crippen molar-refractivity contribution in [3.05, 3.63) is 16.7 Å². The third-order valence-electron chi connectivity index (χ3n) is 3.29. The van der Waals surface area contributed by atoms with Crippen molar-refractivity contribution in [3.63, 3.8) is 0 Å². The predicted octanol–water partition coefficient (Wildman–Crippen LogP) is 3.64. The molecule has 2 heterocycles. The van der Waals surface area contributed by atoms with Gasteiger partial charge in [-0.05, 0) is 20.3 Å². The lowest BCUT2D eigenvalue weighted by atomic mass is 10.2. The zero-order valence-corrected chi connectivity index (χ0v) is 14.8. The standard InChI is InChI=1S/C13H20ClN3O2S2/c1-4-5-6-7-17(10(2)3)21(18,19)12-11(14)15-13-16(12)8-9-20-13/h8-10H,4-7H2,1-3H3. The number of fused-ring (bicyclic) bond motifs is 1. The Morgan fingerprint density at radius 2 is 2.14 bits per heavy atom. The second kappa shape index (κ2) is 6.64. The maximum Gasteiger partial charge on any atom is 0.262 e. The molecule has 2 aromatic heterocycles. The number of sulfonamides is 1. The van der Waals surface area contributed by atoms with Gasteiger partial charge in [-0.25, -0.2) is 13.4 Å². The van der Waals surface area contributed by atoms with Gasteiger partial charge in [0.25, 0.3) is 10.0 Å². The monoisotopic (exact) mass is 349 g/mol. The van der Waals surface area contributed by atoms with E-state index in [9.17, 15) is 8.42 Å². The van der Waals surface area contributed by atoms with Crippen molar-refractivity contribution in [1.82, 2.24) is 13.7 Å². The first-order chi connectivity index (χ1) is 9.89. The molecule has 0 bridgehead atoms. The van der Waals surface area contributed by atoms with Crippen molar-refractivity contribution in [2.75, 3.05) is 6.54 Å². The maximum absolute atomic E-state index is 12.9. The van der Waals surface area contributed by atoms with Crippen LogP contribution in [0.5, 0.6) is 0 Å². The van der Waals surface area contributed by atoms with E-state index in [1.54, 1.807) is 16.0 Å². The highest BCUT2D eigenvalue weighted by Crippen LogP contribution is 2.29. The Morgan fingerprint density at radius 3 is 2.76 bits per heavy atom. The van der Waals surface area contributed by atoms with Crippen LogP contribution in [0.4, 0.5) is 0 Å². The van der Waals surface area contributed by atoms with Gasteiger partial charge in [0.05, 0.1) is 0 Å². The van der Waals surface area contributed by atoms with E-state index in [0.717, 1.165) is 19.3 Å². The molecule has 0 unspecified atom stereocenters. The number of thiazole rings is 1. The molecule has 2 rings (SSSR count). The molecule has 118 valence electrons. The van der Waals surface area contributed by atoms with Gasteiger partial charge in [-0.1, -0.05) is 31.4 Å². The van der Waals surface area contributed by atoms with Crippen molar-refractivity contribution < 1.29 is 8.42 Å². The third-order valence-corrected chi connectivity index (χ3v) is 6.52. The fourth-order valence-corrected chi connectivity index (χ4v) is 5.34. The summed E-state index contributed by atoms with van der Waals surface area (Å²) in [6.45, 7) is 6.35. The summed E-state index contributed by atoms with van der Waals surface area (Å²) in [5.41, 5.74) is 0. The normalized spacial score (nSPS) is 12.9. The molecule has 0 N–H and O–H groups in total. The summed E-state index contributed by atoms with van der Waals surface area (Å²) in [6, 6.07) is -0.118. The zero-order chi connectivity index (χ0) is 15.6. The Hall–Kier alpha value is -0.630. The Balaban J connectivity index is 2.42. The lowest BCUT2D eigenvalue weighted by Crippen LogP contribution is -2.38. The van der Waals surface area contributed by atoms with Crippen LogP contribution < -0.4 is 0 Å². The molecule has 0 spiro atoms.